The van der Waals surface area contributed by atoms with Crippen molar-refractivity contribution < 1.29 is 18.8 Å². The minimum atomic E-state index is -0.430. The fourth-order valence-corrected chi connectivity index (χ4v) is 2.12. The lowest BCUT2D eigenvalue weighted by Gasteiger charge is -2.23. The normalized spacial score (nSPS) is 10.2. The van der Waals surface area contributed by atoms with Crippen LogP contribution in [0.25, 0.3) is 0 Å². The maximum Gasteiger partial charge on any atom is 0.245 e. The summed E-state index contributed by atoms with van der Waals surface area (Å²) in [6.07, 6.45) is 0.141. The SMILES string of the molecule is COc1ccc(N(CCC(N)=O)CC(=O)Nc2cc(C)on2)cc1. The number of rotatable bonds is 8. The molecule has 0 atom stereocenters. The molecule has 0 aliphatic heterocycles. The predicted molar refractivity (Wildman–Crippen MR) is 88.9 cm³/mol. The van der Waals surface area contributed by atoms with Crippen LogP contribution >= 0.6 is 0 Å². The molecular weight excluding hydrogens is 312 g/mol. The van der Waals surface area contributed by atoms with Gasteiger partial charge in [0.05, 0.1) is 13.7 Å². The number of carbonyl (C=O) groups excluding carboxylic acids is 2. The van der Waals surface area contributed by atoms with Gasteiger partial charge < -0.3 is 25.2 Å². The lowest BCUT2D eigenvalue weighted by molar-refractivity contribution is -0.118. The van der Waals surface area contributed by atoms with Crippen molar-refractivity contribution in [2.45, 2.75) is 13.3 Å². The van der Waals surface area contributed by atoms with Crippen LogP contribution in [0.1, 0.15) is 12.2 Å². The summed E-state index contributed by atoms with van der Waals surface area (Å²) in [6.45, 7) is 2.11. The molecule has 0 aliphatic rings. The second-order valence-corrected chi connectivity index (χ2v) is 5.21. The van der Waals surface area contributed by atoms with Crippen molar-refractivity contribution in [3.8, 4) is 5.75 Å². The van der Waals surface area contributed by atoms with Gasteiger partial charge in [0.1, 0.15) is 11.5 Å². The van der Waals surface area contributed by atoms with E-state index in [1.165, 1.54) is 0 Å². The Labute approximate surface area is 139 Å². The number of aromatic nitrogens is 1. The Bertz CT molecular complexity index is 696. The third kappa shape index (κ3) is 5.01. The predicted octanol–water partition coefficient (Wildman–Crippen LogP) is 1.31. The van der Waals surface area contributed by atoms with Gasteiger partial charge in [0.15, 0.2) is 5.82 Å². The molecule has 0 saturated heterocycles. The molecule has 8 heteroatoms. The van der Waals surface area contributed by atoms with E-state index in [-0.39, 0.29) is 18.9 Å². The summed E-state index contributed by atoms with van der Waals surface area (Å²) in [5, 5.41) is 6.36. The molecule has 0 fully saturated rings. The second kappa shape index (κ2) is 8.00. The van der Waals surface area contributed by atoms with E-state index in [1.54, 1.807) is 37.1 Å². The molecule has 0 saturated carbocycles. The van der Waals surface area contributed by atoms with Crippen LogP contribution in [-0.4, -0.2) is 37.2 Å². The second-order valence-electron chi connectivity index (χ2n) is 5.21. The van der Waals surface area contributed by atoms with E-state index < -0.39 is 5.91 Å². The number of primary amides is 1. The highest BCUT2D eigenvalue weighted by atomic mass is 16.5. The number of amides is 2. The van der Waals surface area contributed by atoms with Gasteiger partial charge >= 0.3 is 0 Å². The minimum absolute atomic E-state index is 0.0471. The van der Waals surface area contributed by atoms with Crippen LogP contribution in [0.4, 0.5) is 11.5 Å². The van der Waals surface area contributed by atoms with Crippen molar-refractivity contribution in [2.24, 2.45) is 5.73 Å². The molecule has 0 radical (unpaired) electrons. The maximum atomic E-state index is 12.2. The van der Waals surface area contributed by atoms with Crippen molar-refractivity contribution in [1.82, 2.24) is 5.16 Å². The molecule has 1 aromatic carbocycles. The Kier molecular flexibility index (Phi) is 5.78. The van der Waals surface area contributed by atoms with Gasteiger partial charge in [-0.3, -0.25) is 9.59 Å². The lowest BCUT2D eigenvalue weighted by Crippen LogP contribution is -2.35. The molecule has 0 unspecified atom stereocenters. The summed E-state index contributed by atoms with van der Waals surface area (Å²) >= 11 is 0. The standard InChI is InChI=1S/C16H20N4O4/c1-11-9-15(19-24-11)18-16(22)10-20(8-7-14(17)21)12-3-5-13(23-2)6-4-12/h3-6,9H,7-8,10H2,1-2H3,(H2,17,21)(H,18,19,22). The van der Waals surface area contributed by atoms with Crippen LogP contribution < -0.4 is 20.7 Å². The third-order valence-corrected chi connectivity index (χ3v) is 3.30. The molecular formula is C16H20N4O4. The van der Waals surface area contributed by atoms with E-state index in [9.17, 15) is 9.59 Å². The first-order valence-corrected chi connectivity index (χ1v) is 7.38. The van der Waals surface area contributed by atoms with Crippen LogP contribution in [0.5, 0.6) is 5.75 Å². The van der Waals surface area contributed by atoms with Crippen LogP contribution in [0.15, 0.2) is 34.9 Å². The number of hydrogen-bond acceptors (Lipinski definition) is 6. The van der Waals surface area contributed by atoms with E-state index >= 15 is 0 Å². The largest absolute Gasteiger partial charge is 0.497 e. The summed E-state index contributed by atoms with van der Waals surface area (Å²) in [5.74, 6) is 0.953. The van der Waals surface area contributed by atoms with Gasteiger partial charge in [-0.05, 0) is 31.2 Å². The highest BCUT2D eigenvalue weighted by molar-refractivity contribution is 5.93. The number of aryl methyl sites for hydroxylation is 1. The summed E-state index contributed by atoms with van der Waals surface area (Å²) in [5.41, 5.74) is 5.99. The fraction of sp³-hybridized carbons (Fsp3) is 0.312. The number of ether oxygens (including phenoxy) is 1. The number of nitrogens with two attached hydrogens (primary N) is 1. The van der Waals surface area contributed by atoms with Crippen LogP contribution in [-0.2, 0) is 9.59 Å². The molecule has 2 rings (SSSR count). The number of benzene rings is 1. The van der Waals surface area contributed by atoms with Gasteiger partial charge in [-0.1, -0.05) is 5.16 Å². The number of methoxy groups -OCH3 is 1. The van der Waals surface area contributed by atoms with E-state index in [0.717, 1.165) is 5.69 Å². The Morgan fingerprint density at radius 3 is 2.58 bits per heavy atom. The molecule has 1 aromatic heterocycles. The zero-order valence-electron chi connectivity index (χ0n) is 13.6. The Balaban J connectivity index is 2.06. The van der Waals surface area contributed by atoms with Gasteiger partial charge in [-0.15, -0.1) is 0 Å². The highest BCUT2D eigenvalue weighted by Crippen LogP contribution is 2.19. The van der Waals surface area contributed by atoms with E-state index in [0.29, 0.717) is 23.9 Å². The molecule has 2 aromatic rings. The quantitative estimate of drug-likeness (QED) is 0.754. The molecule has 0 bridgehead atoms. The lowest BCUT2D eigenvalue weighted by atomic mass is 10.2. The van der Waals surface area contributed by atoms with Gasteiger partial charge in [-0.2, -0.15) is 0 Å². The van der Waals surface area contributed by atoms with Crippen molar-refractivity contribution >= 4 is 23.3 Å². The molecule has 8 nitrogen and oxygen atoms in total. The fourth-order valence-electron chi connectivity index (χ4n) is 2.12. The molecule has 1 heterocycles. The van der Waals surface area contributed by atoms with Crippen LogP contribution in [0, 0.1) is 6.92 Å². The summed E-state index contributed by atoms with van der Waals surface area (Å²) < 4.78 is 10.0. The molecule has 2 amide bonds. The number of carbonyl (C=O) groups is 2. The first kappa shape index (κ1) is 17.3. The van der Waals surface area contributed by atoms with E-state index in [2.05, 4.69) is 10.5 Å². The average molecular weight is 332 g/mol. The smallest absolute Gasteiger partial charge is 0.245 e. The van der Waals surface area contributed by atoms with Crippen molar-refractivity contribution in [1.29, 1.82) is 0 Å². The van der Waals surface area contributed by atoms with Gasteiger partial charge in [0.2, 0.25) is 11.8 Å². The molecule has 3 N–H and O–H groups in total. The number of nitrogens with one attached hydrogen (secondary N) is 1. The van der Waals surface area contributed by atoms with Crippen LogP contribution in [0.3, 0.4) is 0 Å². The Morgan fingerprint density at radius 2 is 2.04 bits per heavy atom. The van der Waals surface area contributed by atoms with Crippen molar-refractivity contribution in [2.75, 3.05) is 30.4 Å². The number of nitrogens with zero attached hydrogens (tertiary/aromatic N) is 2. The Morgan fingerprint density at radius 1 is 1.33 bits per heavy atom. The Hall–Kier alpha value is -3.03. The number of anilines is 2. The van der Waals surface area contributed by atoms with Crippen LogP contribution in [0.2, 0.25) is 0 Å². The van der Waals surface area contributed by atoms with E-state index in [1.807, 2.05) is 12.1 Å². The monoisotopic (exact) mass is 332 g/mol. The minimum Gasteiger partial charge on any atom is -0.497 e. The summed E-state index contributed by atoms with van der Waals surface area (Å²) in [7, 11) is 1.58. The third-order valence-electron chi connectivity index (χ3n) is 3.30. The number of hydrogen-bond donors (Lipinski definition) is 2. The average Bonchev–Trinajstić information content (AvgIpc) is 2.96. The van der Waals surface area contributed by atoms with Crippen molar-refractivity contribution in [3.63, 3.8) is 0 Å². The molecule has 0 aliphatic carbocycles. The van der Waals surface area contributed by atoms with Gasteiger partial charge in [0, 0.05) is 24.7 Å². The molecule has 0 spiro atoms. The molecule has 24 heavy (non-hydrogen) atoms. The zero-order chi connectivity index (χ0) is 17.5. The topological polar surface area (TPSA) is 111 Å². The first-order valence-electron chi connectivity index (χ1n) is 7.38. The maximum absolute atomic E-state index is 12.2. The summed E-state index contributed by atoms with van der Waals surface area (Å²) in [6, 6.07) is 8.82. The highest BCUT2D eigenvalue weighted by Gasteiger charge is 2.14. The summed E-state index contributed by atoms with van der Waals surface area (Å²) in [4.78, 5) is 25.0. The first-order chi connectivity index (χ1) is 11.5. The van der Waals surface area contributed by atoms with Gasteiger partial charge in [0.25, 0.3) is 0 Å². The van der Waals surface area contributed by atoms with Gasteiger partial charge in [-0.25, -0.2) is 0 Å². The van der Waals surface area contributed by atoms with Crippen molar-refractivity contribution in [3.05, 3.63) is 36.1 Å². The molecule has 128 valence electrons. The van der Waals surface area contributed by atoms with E-state index in [4.69, 9.17) is 15.0 Å². The zero-order valence-corrected chi connectivity index (χ0v) is 13.6.